The van der Waals surface area contributed by atoms with E-state index in [9.17, 15) is 5.11 Å². The summed E-state index contributed by atoms with van der Waals surface area (Å²) in [6.07, 6.45) is -0.747. The first-order chi connectivity index (χ1) is 7.53. The van der Waals surface area contributed by atoms with E-state index >= 15 is 0 Å². The Morgan fingerprint density at radius 2 is 2.38 bits per heavy atom. The summed E-state index contributed by atoms with van der Waals surface area (Å²) in [5.41, 5.74) is 8.21. The van der Waals surface area contributed by atoms with Gasteiger partial charge in [-0.05, 0) is 19.4 Å². The molecule has 2 rings (SSSR count). The summed E-state index contributed by atoms with van der Waals surface area (Å²) in [5, 5.41) is 13.2. The van der Waals surface area contributed by atoms with Gasteiger partial charge in [0, 0.05) is 10.7 Å². The summed E-state index contributed by atoms with van der Waals surface area (Å²) < 4.78 is 11.4. The van der Waals surface area contributed by atoms with E-state index < -0.39 is 11.9 Å². The fourth-order valence-electron chi connectivity index (χ4n) is 2.13. The molecule has 2 aliphatic heterocycles. The second-order valence-corrected chi connectivity index (χ2v) is 5.63. The molecule has 16 heavy (non-hydrogen) atoms. The van der Waals surface area contributed by atoms with Gasteiger partial charge in [-0.2, -0.15) is 11.8 Å². The normalized spacial score (nSPS) is 37.8. The molecule has 0 aliphatic carbocycles. The van der Waals surface area contributed by atoms with E-state index in [0.717, 1.165) is 5.75 Å². The minimum atomic E-state index is -0.673. The number of aliphatic hydroxyl groups excluding tert-OH is 1. The van der Waals surface area contributed by atoms with Crippen molar-refractivity contribution in [1.29, 1.82) is 0 Å². The van der Waals surface area contributed by atoms with Crippen molar-refractivity contribution in [3.63, 3.8) is 0 Å². The highest BCUT2D eigenvalue weighted by molar-refractivity contribution is 8.00. The molecule has 0 aromatic rings. The SMILES string of the molecule is CC1(C)O[C@H]2[C@H]([C@@H](O)CN=[N+]=[N-])SC[C@H]2O1. The third-order valence-electron chi connectivity index (χ3n) is 2.71. The number of azide groups is 1. The highest BCUT2D eigenvalue weighted by Gasteiger charge is 2.51. The molecule has 0 aromatic heterocycles. The van der Waals surface area contributed by atoms with Crippen LogP contribution in [0.2, 0.25) is 0 Å². The van der Waals surface area contributed by atoms with Crippen LogP contribution >= 0.6 is 11.8 Å². The molecule has 0 radical (unpaired) electrons. The van der Waals surface area contributed by atoms with Gasteiger partial charge in [0.1, 0.15) is 6.10 Å². The summed E-state index contributed by atoms with van der Waals surface area (Å²) in [5.74, 6) is 0.235. The summed E-state index contributed by atoms with van der Waals surface area (Å²) in [6, 6.07) is 0. The lowest BCUT2D eigenvalue weighted by molar-refractivity contribution is -0.147. The van der Waals surface area contributed by atoms with Crippen LogP contribution in [-0.2, 0) is 9.47 Å². The Hall–Kier alpha value is -0.460. The number of nitrogens with zero attached hydrogens (tertiary/aromatic N) is 3. The van der Waals surface area contributed by atoms with Crippen LogP contribution in [0.15, 0.2) is 5.11 Å². The summed E-state index contributed by atoms with van der Waals surface area (Å²) in [6.45, 7) is 3.82. The topological polar surface area (TPSA) is 87.5 Å². The molecule has 2 aliphatic rings. The Kier molecular flexibility index (Phi) is 3.32. The van der Waals surface area contributed by atoms with Crippen molar-refractivity contribution < 1.29 is 14.6 Å². The van der Waals surface area contributed by atoms with E-state index in [4.69, 9.17) is 15.0 Å². The van der Waals surface area contributed by atoms with Crippen LogP contribution in [-0.4, -0.2) is 46.8 Å². The van der Waals surface area contributed by atoms with Crippen molar-refractivity contribution in [2.45, 2.75) is 43.2 Å². The zero-order valence-corrected chi connectivity index (χ0v) is 10.1. The van der Waals surface area contributed by atoms with Crippen LogP contribution in [0.1, 0.15) is 13.8 Å². The van der Waals surface area contributed by atoms with Crippen molar-refractivity contribution in [3.05, 3.63) is 10.4 Å². The van der Waals surface area contributed by atoms with Gasteiger partial charge in [-0.25, -0.2) is 0 Å². The number of hydrogen-bond donors (Lipinski definition) is 1. The lowest BCUT2D eigenvalue weighted by Gasteiger charge is -2.23. The van der Waals surface area contributed by atoms with Gasteiger partial charge in [0.2, 0.25) is 0 Å². The zero-order chi connectivity index (χ0) is 11.8. The number of fused-ring (bicyclic) bond motifs is 1. The van der Waals surface area contributed by atoms with Crippen molar-refractivity contribution >= 4 is 11.8 Å². The Morgan fingerprint density at radius 1 is 1.62 bits per heavy atom. The third kappa shape index (κ3) is 2.28. The largest absolute Gasteiger partial charge is 0.392 e. The molecular weight excluding hydrogens is 230 g/mol. The minimum absolute atomic E-state index is 0.0331. The van der Waals surface area contributed by atoms with Gasteiger partial charge >= 0.3 is 0 Å². The fourth-order valence-corrected chi connectivity index (χ4v) is 3.52. The first-order valence-electron chi connectivity index (χ1n) is 5.19. The predicted molar refractivity (Wildman–Crippen MR) is 60.1 cm³/mol. The molecule has 0 amide bonds. The molecule has 0 bridgehead atoms. The van der Waals surface area contributed by atoms with Crippen LogP contribution in [0.3, 0.4) is 0 Å². The number of thioether (sulfide) groups is 1. The molecule has 6 nitrogen and oxygen atoms in total. The third-order valence-corrected chi connectivity index (χ3v) is 4.20. The highest BCUT2D eigenvalue weighted by Crippen LogP contribution is 2.42. The lowest BCUT2D eigenvalue weighted by atomic mass is 10.1. The maximum Gasteiger partial charge on any atom is 0.163 e. The highest BCUT2D eigenvalue weighted by atomic mass is 32.2. The van der Waals surface area contributed by atoms with Crippen LogP contribution in [0.5, 0.6) is 0 Å². The molecule has 2 heterocycles. The Labute approximate surface area is 97.9 Å². The first kappa shape index (κ1) is 12.0. The smallest absolute Gasteiger partial charge is 0.163 e. The van der Waals surface area contributed by atoms with E-state index in [1.165, 1.54) is 0 Å². The van der Waals surface area contributed by atoms with Crippen molar-refractivity contribution in [1.82, 2.24) is 0 Å². The second-order valence-electron chi connectivity index (χ2n) is 4.42. The summed E-state index contributed by atoms with van der Waals surface area (Å²) in [4.78, 5) is 2.64. The number of hydrogen-bond acceptors (Lipinski definition) is 5. The lowest BCUT2D eigenvalue weighted by Crippen LogP contribution is -2.37. The molecule has 90 valence electrons. The van der Waals surface area contributed by atoms with Crippen LogP contribution in [0, 0.1) is 0 Å². The van der Waals surface area contributed by atoms with E-state index in [-0.39, 0.29) is 24.0 Å². The van der Waals surface area contributed by atoms with Crippen molar-refractivity contribution in [2.75, 3.05) is 12.3 Å². The standard InChI is InChI=1S/C9H15N3O3S/c1-9(2)14-6-4-16-8(7(6)15-9)5(13)3-11-12-10/h5-8,13H,3-4H2,1-2H3/t5-,6+,7+,8-/m0/s1. The second kappa shape index (κ2) is 4.43. The van der Waals surface area contributed by atoms with Gasteiger partial charge in [-0.1, -0.05) is 5.11 Å². The van der Waals surface area contributed by atoms with E-state index in [0.29, 0.717) is 0 Å². The van der Waals surface area contributed by atoms with Crippen LogP contribution < -0.4 is 0 Å². The summed E-state index contributed by atoms with van der Waals surface area (Å²) >= 11 is 1.61. The molecule has 4 atom stereocenters. The molecule has 2 saturated heterocycles. The summed E-state index contributed by atoms with van der Waals surface area (Å²) in [7, 11) is 0. The Bertz CT molecular complexity index is 319. The van der Waals surface area contributed by atoms with Crippen LogP contribution in [0.25, 0.3) is 10.4 Å². The molecule has 0 unspecified atom stereocenters. The Balaban J connectivity index is 2.00. The first-order valence-corrected chi connectivity index (χ1v) is 6.24. The average Bonchev–Trinajstić information content (AvgIpc) is 2.69. The van der Waals surface area contributed by atoms with E-state index in [1.54, 1.807) is 11.8 Å². The zero-order valence-electron chi connectivity index (χ0n) is 9.24. The van der Waals surface area contributed by atoms with Gasteiger partial charge in [-0.3, -0.25) is 0 Å². The van der Waals surface area contributed by atoms with Crippen molar-refractivity contribution in [2.24, 2.45) is 5.11 Å². The molecule has 2 fully saturated rings. The predicted octanol–water partition coefficient (Wildman–Crippen LogP) is 1.29. The van der Waals surface area contributed by atoms with Gasteiger partial charge in [0.05, 0.1) is 24.0 Å². The molecule has 7 heteroatoms. The fraction of sp³-hybridized carbons (Fsp3) is 1.00. The number of ether oxygens (including phenoxy) is 2. The van der Waals surface area contributed by atoms with E-state index in [1.807, 2.05) is 13.8 Å². The molecule has 1 N–H and O–H groups in total. The minimum Gasteiger partial charge on any atom is -0.392 e. The molecular formula is C9H15N3O3S. The average molecular weight is 245 g/mol. The quantitative estimate of drug-likeness (QED) is 0.461. The van der Waals surface area contributed by atoms with Crippen molar-refractivity contribution in [3.8, 4) is 0 Å². The van der Waals surface area contributed by atoms with Gasteiger partial charge in [0.25, 0.3) is 0 Å². The molecule has 0 spiro atoms. The van der Waals surface area contributed by atoms with Crippen LogP contribution in [0.4, 0.5) is 0 Å². The number of aliphatic hydroxyl groups is 1. The van der Waals surface area contributed by atoms with Gasteiger partial charge in [0.15, 0.2) is 5.79 Å². The number of rotatable bonds is 3. The maximum absolute atomic E-state index is 9.88. The van der Waals surface area contributed by atoms with E-state index in [2.05, 4.69) is 10.0 Å². The van der Waals surface area contributed by atoms with Gasteiger partial charge in [-0.15, -0.1) is 0 Å². The van der Waals surface area contributed by atoms with Gasteiger partial charge < -0.3 is 14.6 Å². The monoisotopic (exact) mass is 245 g/mol. The molecule has 0 saturated carbocycles. The Morgan fingerprint density at radius 3 is 3.06 bits per heavy atom. The maximum atomic E-state index is 9.88. The molecule has 0 aromatic carbocycles.